The van der Waals surface area contributed by atoms with Crippen LogP contribution in [0.15, 0.2) is 46.0 Å². The second kappa shape index (κ2) is 4.65. The molecule has 0 aliphatic carbocycles. The van der Waals surface area contributed by atoms with E-state index in [0.717, 1.165) is 9.13 Å². The van der Waals surface area contributed by atoms with Gasteiger partial charge in [0.25, 0.3) is 11.1 Å². The number of rotatable bonds is 2. The van der Waals surface area contributed by atoms with Crippen LogP contribution in [0.2, 0.25) is 0 Å². The van der Waals surface area contributed by atoms with Crippen molar-refractivity contribution >= 4 is 22.6 Å². The van der Waals surface area contributed by atoms with E-state index in [4.69, 9.17) is 0 Å². The van der Waals surface area contributed by atoms with Crippen molar-refractivity contribution < 1.29 is 0 Å². The Morgan fingerprint density at radius 2 is 1.75 bits per heavy atom. The molecule has 0 saturated carbocycles. The van der Waals surface area contributed by atoms with Crippen molar-refractivity contribution in [3.63, 3.8) is 0 Å². The molecule has 0 aliphatic rings. The van der Waals surface area contributed by atoms with Crippen LogP contribution in [0.25, 0.3) is 0 Å². The third-order valence-corrected chi connectivity index (χ3v) is 2.86. The Morgan fingerprint density at radius 3 is 2.44 bits per heavy atom. The summed E-state index contributed by atoms with van der Waals surface area (Å²) in [4.78, 5) is 22.5. The summed E-state index contributed by atoms with van der Waals surface area (Å²) in [5, 5.41) is 2.49. The van der Waals surface area contributed by atoms with Crippen LogP contribution in [0.5, 0.6) is 0 Å². The summed E-state index contributed by atoms with van der Waals surface area (Å²) in [6.07, 6.45) is 0. The van der Waals surface area contributed by atoms with Crippen molar-refractivity contribution in [1.29, 1.82) is 0 Å². The highest BCUT2D eigenvalue weighted by Crippen LogP contribution is 2.06. The van der Waals surface area contributed by atoms with Gasteiger partial charge in [-0.3, -0.25) is 14.7 Å². The molecule has 5 heteroatoms. The van der Waals surface area contributed by atoms with Gasteiger partial charge >= 0.3 is 0 Å². The number of halogens is 1. The van der Waals surface area contributed by atoms with Gasteiger partial charge < -0.3 is 0 Å². The molecular weight excluding hydrogens is 319 g/mol. The fraction of sp³-hybridized carbons (Fsp3) is 0.0909. The normalized spacial score (nSPS) is 10.3. The molecule has 1 aromatic heterocycles. The Hall–Kier alpha value is -1.37. The molecule has 0 unspecified atom stereocenters. The molecule has 1 N–H and O–H groups in total. The predicted molar refractivity (Wildman–Crippen MR) is 69.6 cm³/mol. The van der Waals surface area contributed by atoms with Crippen LogP contribution in [-0.2, 0) is 6.54 Å². The van der Waals surface area contributed by atoms with Gasteiger partial charge in [0.15, 0.2) is 0 Å². The van der Waals surface area contributed by atoms with Crippen molar-refractivity contribution in [2.75, 3.05) is 0 Å². The van der Waals surface area contributed by atoms with E-state index in [0.29, 0.717) is 6.54 Å². The first kappa shape index (κ1) is 11.1. The fourth-order valence-corrected chi connectivity index (χ4v) is 1.71. The molecule has 0 saturated heterocycles. The number of aromatic nitrogens is 2. The quantitative estimate of drug-likeness (QED) is 0.842. The van der Waals surface area contributed by atoms with E-state index in [-0.39, 0.29) is 11.1 Å². The zero-order valence-electron chi connectivity index (χ0n) is 8.31. The molecule has 4 nitrogen and oxygen atoms in total. The molecule has 0 radical (unpaired) electrons. The van der Waals surface area contributed by atoms with Gasteiger partial charge in [-0.1, -0.05) is 12.1 Å². The molecule has 2 aromatic rings. The largest absolute Gasteiger partial charge is 0.268 e. The molecule has 2 rings (SSSR count). The van der Waals surface area contributed by atoms with Gasteiger partial charge in [-0.15, -0.1) is 0 Å². The van der Waals surface area contributed by atoms with Gasteiger partial charge in [0.2, 0.25) is 0 Å². The molecule has 0 fully saturated rings. The molecule has 0 atom stereocenters. The summed E-state index contributed by atoms with van der Waals surface area (Å²) in [6, 6.07) is 10.3. The van der Waals surface area contributed by atoms with E-state index in [1.54, 1.807) is 0 Å². The second-order valence-electron chi connectivity index (χ2n) is 3.36. The van der Waals surface area contributed by atoms with Crippen LogP contribution in [0.4, 0.5) is 0 Å². The van der Waals surface area contributed by atoms with Crippen LogP contribution in [0.3, 0.4) is 0 Å². The molecule has 16 heavy (non-hydrogen) atoms. The third-order valence-electron chi connectivity index (χ3n) is 2.14. The molecule has 0 amide bonds. The third kappa shape index (κ3) is 2.60. The summed E-state index contributed by atoms with van der Waals surface area (Å²) in [6.45, 7) is 0.381. The Labute approximate surface area is 105 Å². The maximum atomic E-state index is 11.4. The highest BCUT2D eigenvalue weighted by molar-refractivity contribution is 14.1. The molecule has 1 aromatic carbocycles. The summed E-state index contributed by atoms with van der Waals surface area (Å²) in [5.74, 6) is 0. The number of benzene rings is 1. The van der Waals surface area contributed by atoms with Gasteiger partial charge in [-0.05, 0) is 40.3 Å². The SMILES string of the molecule is O=c1ccc(=O)n(Cc2ccc(I)cc2)[nH]1. The van der Waals surface area contributed by atoms with Crippen molar-refractivity contribution in [1.82, 2.24) is 9.78 Å². The molecule has 0 bridgehead atoms. The zero-order valence-corrected chi connectivity index (χ0v) is 10.5. The lowest BCUT2D eigenvalue weighted by molar-refractivity contribution is 0.627. The second-order valence-corrected chi connectivity index (χ2v) is 4.61. The summed E-state index contributed by atoms with van der Waals surface area (Å²) in [5.41, 5.74) is 0.493. The van der Waals surface area contributed by atoms with Crippen LogP contribution < -0.4 is 11.1 Å². The standard InChI is InChI=1S/C11H9IN2O2/c12-9-3-1-8(2-4-9)7-14-11(16)6-5-10(15)13-14/h1-6H,7H2,(H,13,15). The van der Waals surface area contributed by atoms with Gasteiger partial charge in [-0.2, -0.15) is 0 Å². The van der Waals surface area contributed by atoms with Crippen LogP contribution in [0.1, 0.15) is 5.56 Å². The number of nitrogens with zero attached hydrogens (tertiary/aromatic N) is 1. The van der Waals surface area contributed by atoms with Gasteiger partial charge in [-0.25, -0.2) is 4.68 Å². The van der Waals surface area contributed by atoms with Crippen LogP contribution >= 0.6 is 22.6 Å². The molecule has 1 heterocycles. The minimum absolute atomic E-state index is 0.210. The first-order chi connectivity index (χ1) is 7.65. The number of nitrogens with one attached hydrogen (secondary N) is 1. The molecule has 0 aliphatic heterocycles. The van der Waals surface area contributed by atoms with Crippen molar-refractivity contribution in [2.45, 2.75) is 6.54 Å². The lowest BCUT2D eigenvalue weighted by Gasteiger charge is -2.04. The molecule has 0 spiro atoms. The molecule has 82 valence electrons. The molecular formula is C11H9IN2O2. The maximum Gasteiger partial charge on any atom is 0.265 e. The predicted octanol–water partition coefficient (Wildman–Crippen LogP) is 1.19. The maximum absolute atomic E-state index is 11.4. The number of hydrogen-bond acceptors (Lipinski definition) is 2. The van der Waals surface area contributed by atoms with Crippen LogP contribution in [0, 0.1) is 3.57 Å². The van der Waals surface area contributed by atoms with E-state index in [1.165, 1.54) is 16.8 Å². The minimum Gasteiger partial charge on any atom is -0.268 e. The lowest BCUT2D eigenvalue weighted by atomic mass is 10.2. The summed E-state index contributed by atoms with van der Waals surface area (Å²) < 4.78 is 2.43. The Kier molecular flexibility index (Phi) is 3.23. The number of H-pyrrole nitrogens is 1. The van der Waals surface area contributed by atoms with E-state index < -0.39 is 0 Å². The highest BCUT2D eigenvalue weighted by atomic mass is 127. The summed E-state index contributed by atoms with van der Waals surface area (Å²) >= 11 is 2.21. The minimum atomic E-state index is -0.273. The monoisotopic (exact) mass is 328 g/mol. The van der Waals surface area contributed by atoms with Crippen molar-refractivity contribution in [3.8, 4) is 0 Å². The average Bonchev–Trinajstić information content (AvgIpc) is 2.27. The van der Waals surface area contributed by atoms with Crippen molar-refractivity contribution in [2.24, 2.45) is 0 Å². The highest BCUT2D eigenvalue weighted by Gasteiger charge is 1.98. The van der Waals surface area contributed by atoms with E-state index in [9.17, 15) is 9.59 Å². The Balaban J connectivity index is 2.33. The van der Waals surface area contributed by atoms with E-state index in [2.05, 4.69) is 27.7 Å². The smallest absolute Gasteiger partial charge is 0.265 e. The van der Waals surface area contributed by atoms with Gasteiger partial charge in [0.1, 0.15) is 0 Å². The zero-order chi connectivity index (χ0) is 11.5. The Morgan fingerprint density at radius 1 is 1.06 bits per heavy atom. The van der Waals surface area contributed by atoms with E-state index >= 15 is 0 Å². The first-order valence-corrected chi connectivity index (χ1v) is 5.78. The Bertz CT molecular complexity index is 598. The topological polar surface area (TPSA) is 54.9 Å². The average molecular weight is 328 g/mol. The van der Waals surface area contributed by atoms with E-state index in [1.807, 2.05) is 24.3 Å². The van der Waals surface area contributed by atoms with Crippen LogP contribution in [-0.4, -0.2) is 9.78 Å². The fourth-order valence-electron chi connectivity index (χ4n) is 1.35. The lowest BCUT2D eigenvalue weighted by Crippen LogP contribution is -2.28. The number of aromatic amines is 1. The summed E-state index contributed by atoms with van der Waals surface area (Å²) in [7, 11) is 0. The number of hydrogen-bond donors (Lipinski definition) is 1. The van der Waals surface area contributed by atoms with Gasteiger partial charge in [0, 0.05) is 15.7 Å². The van der Waals surface area contributed by atoms with Gasteiger partial charge in [0.05, 0.1) is 6.54 Å². The first-order valence-electron chi connectivity index (χ1n) is 4.70. The van der Waals surface area contributed by atoms with Crippen molar-refractivity contribution in [3.05, 3.63) is 66.2 Å².